The molecule has 4 nitrogen and oxygen atoms in total. The van der Waals surface area contributed by atoms with Crippen molar-refractivity contribution in [1.29, 1.82) is 0 Å². The molecule has 0 unspecified atom stereocenters. The highest BCUT2D eigenvalue weighted by Gasteiger charge is 2.15. The van der Waals surface area contributed by atoms with Gasteiger partial charge in [0.05, 0.1) is 13.2 Å². The molecule has 4 heteroatoms. The summed E-state index contributed by atoms with van der Waals surface area (Å²) in [6, 6.07) is 13.0. The lowest BCUT2D eigenvalue weighted by Gasteiger charge is -2.19. The minimum Gasteiger partial charge on any atom is -0.496 e. The van der Waals surface area contributed by atoms with Crippen LogP contribution in [-0.2, 0) is 0 Å². The van der Waals surface area contributed by atoms with Crippen LogP contribution >= 0.6 is 0 Å². The SMILES string of the molecule is C=CCOc1ccc(C(=O)N[C@@H](CC)c2ccc(OC)c(C)c2)cc1. The lowest BCUT2D eigenvalue weighted by Crippen LogP contribution is -2.28. The van der Waals surface area contributed by atoms with E-state index >= 15 is 0 Å². The van der Waals surface area contributed by atoms with E-state index in [0.29, 0.717) is 17.9 Å². The molecule has 132 valence electrons. The van der Waals surface area contributed by atoms with Crippen molar-refractivity contribution in [2.45, 2.75) is 26.3 Å². The number of carbonyl (C=O) groups excluding carboxylic acids is 1. The normalized spacial score (nSPS) is 11.5. The number of carbonyl (C=O) groups is 1. The van der Waals surface area contributed by atoms with Crippen molar-refractivity contribution in [1.82, 2.24) is 5.32 Å². The van der Waals surface area contributed by atoms with E-state index in [-0.39, 0.29) is 11.9 Å². The Morgan fingerprint density at radius 1 is 1.24 bits per heavy atom. The standard InChI is InChI=1S/C21H25NO3/c1-5-13-25-18-10-7-16(8-11-18)21(23)22-19(6-2)17-9-12-20(24-4)15(3)14-17/h5,7-12,14,19H,1,6,13H2,2-4H3,(H,22,23)/t19-/m0/s1. The first-order chi connectivity index (χ1) is 12.1. The predicted octanol–water partition coefficient (Wildman–Crippen LogP) is 4.45. The first kappa shape index (κ1) is 18.6. The van der Waals surface area contributed by atoms with Gasteiger partial charge >= 0.3 is 0 Å². The molecule has 2 rings (SSSR count). The number of benzene rings is 2. The quantitative estimate of drug-likeness (QED) is 0.723. The van der Waals surface area contributed by atoms with E-state index in [4.69, 9.17) is 9.47 Å². The fourth-order valence-corrected chi connectivity index (χ4v) is 2.64. The average molecular weight is 339 g/mol. The molecule has 0 bridgehead atoms. The lowest BCUT2D eigenvalue weighted by atomic mass is 10.0. The third-order valence-electron chi connectivity index (χ3n) is 4.02. The van der Waals surface area contributed by atoms with Crippen LogP contribution in [0.3, 0.4) is 0 Å². The summed E-state index contributed by atoms with van der Waals surface area (Å²) in [6.45, 7) is 8.11. The molecule has 0 aliphatic heterocycles. The van der Waals surface area contributed by atoms with Crippen LogP contribution in [-0.4, -0.2) is 19.6 Å². The summed E-state index contributed by atoms with van der Waals surface area (Å²) in [5, 5.41) is 3.09. The monoisotopic (exact) mass is 339 g/mol. The van der Waals surface area contributed by atoms with E-state index in [1.165, 1.54) is 0 Å². The van der Waals surface area contributed by atoms with Gasteiger partial charge in [0.2, 0.25) is 0 Å². The van der Waals surface area contributed by atoms with E-state index in [2.05, 4.69) is 24.9 Å². The summed E-state index contributed by atoms with van der Waals surface area (Å²) >= 11 is 0. The van der Waals surface area contributed by atoms with Crippen LogP contribution in [0.5, 0.6) is 11.5 Å². The zero-order valence-electron chi connectivity index (χ0n) is 15.0. The second-order valence-electron chi connectivity index (χ2n) is 5.79. The highest BCUT2D eigenvalue weighted by Crippen LogP contribution is 2.24. The summed E-state index contributed by atoms with van der Waals surface area (Å²) in [6.07, 6.45) is 2.49. The zero-order chi connectivity index (χ0) is 18.2. The molecule has 1 amide bonds. The first-order valence-electron chi connectivity index (χ1n) is 8.38. The molecule has 0 aliphatic rings. The first-order valence-corrected chi connectivity index (χ1v) is 8.38. The third kappa shape index (κ3) is 4.86. The second kappa shape index (κ2) is 8.92. The Morgan fingerprint density at radius 2 is 1.96 bits per heavy atom. The van der Waals surface area contributed by atoms with E-state index in [9.17, 15) is 4.79 Å². The summed E-state index contributed by atoms with van der Waals surface area (Å²) in [5.41, 5.74) is 2.73. The van der Waals surface area contributed by atoms with E-state index in [0.717, 1.165) is 23.3 Å². The summed E-state index contributed by atoms with van der Waals surface area (Å²) in [5.74, 6) is 1.46. The molecule has 1 atom stereocenters. The molecule has 0 saturated carbocycles. The number of ether oxygens (including phenoxy) is 2. The summed E-state index contributed by atoms with van der Waals surface area (Å²) in [4.78, 5) is 12.5. The predicted molar refractivity (Wildman–Crippen MR) is 100 cm³/mol. The number of aryl methyl sites for hydroxylation is 1. The van der Waals surface area contributed by atoms with Gasteiger partial charge in [0.1, 0.15) is 18.1 Å². The minimum absolute atomic E-state index is 0.0474. The van der Waals surface area contributed by atoms with Crippen molar-refractivity contribution < 1.29 is 14.3 Å². The van der Waals surface area contributed by atoms with Gasteiger partial charge in [-0.1, -0.05) is 31.7 Å². The highest BCUT2D eigenvalue weighted by molar-refractivity contribution is 5.94. The Kier molecular flexibility index (Phi) is 6.63. The van der Waals surface area contributed by atoms with Gasteiger partial charge in [-0.15, -0.1) is 0 Å². The molecule has 0 aromatic heterocycles. The maximum atomic E-state index is 12.5. The van der Waals surface area contributed by atoms with Crippen molar-refractivity contribution in [3.63, 3.8) is 0 Å². The molecule has 2 aromatic rings. The highest BCUT2D eigenvalue weighted by atomic mass is 16.5. The van der Waals surface area contributed by atoms with Gasteiger partial charge in [0, 0.05) is 5.56 Å². The maximum Gasteiger partial charge on any atom is 0.251 e. The third-order valence-corrected chi connectivity index (χ3v) is 4.02. The summed E-state index contributed by atoms with van der Waals surface area (Å²) in [7, 11) is 1.66. The molecule has 0 saturated heterocycles. The summed E-state index contributed by atoms with van der Waals surface area (Å²) < 4.78 is 10.7. The second-order valence-corrected chi connectivity index (χ2v) is 5.79. The van der Waals surface area contributed by atoms with E-state index in [1.54, 1.807) is 37.5 Å². The van der Waals surface area contributed by atoms with E-state index < -0.39 is 0 Å². The van der Waals surface area contributed by atoms with Gasteiger partial charge in [-0.3, -0.25) is 4.79 Å². The molecular formula is C21H25NO3. The molecule has 2 aromatic carbocycles. The van der Waals surface area contributed by atoms with Gasteiger partial charge in [-0.25, -0.2) is 0 Å². The van der Waals surface area contributed by atoms with Crippen molar-refractivity contribution in [3.05, 3.63) is 71.8 Å². The van der Waals surface area contributed by atoms with Crippen LogP contribution in [0.2, 0.25) is 0 Å². The van der Waals surface area contributed by atoms with Gasteiger partial charge in [-0.2, -0.15) is 0 Å². The average Bonchev–Trinajstić information content (AvgIpc) is 2.64. The van der Waals surface area contributed by atoms with Crippen LogP contribution in [0.15, 0.2) is 55.1 Å². The number of nitrogens with one attached hydrogen (secondary N) is 1. The fraction of sp³-hybridized carbons (Fsp3) is 0.286. The minimum atomic E-state index is -0.101. The number of methoxy groups -OCH3 is 1. The molecule has 0 spiro atoms. The van der Waals surface area contributed by atoms with Crippen LogP contribution in [0, 0.1) is 6.92 Å². The Morgan fingerprint density at radius 3 is 2.52 bits per heavy atom. The number of hydrogen-bond acceptors (Lipinski definition) is 3. The Labute approximate surface area is 149 Å². The van der Waals surface area contributed by atoms with Gasteiger partial charge in [-0.05, 0) is 54.8 Å². The van der Waals surface area contributed by atoms with Crippen molar-refractivity contribution in [2.75, 3.05) is 13.7 Å². The van der Waals surface area contributed by atoms with Gasteiger partial charge < -0.3 is 14.8 Å². The van der Waals surface area contributed by atoms with Crippen LogP contribution in [0.25, 0.3) is 0 Å². The Bertz CT molecular complexity index is 722. The topological polar surface area (TPSA) is 47.6 Å². The van der Waals surface area contributed by atoms with Crippen LogP contribution in [0.4, 0.5) is 0 Å². The number of rotatable bonds is 8. The molecule has 25 heavy (non-hydrogen) atoms. The van der Waals surface area contributed by atoms with Crippen molar-refractivity contribution in [3.8, 4) is 11.5 Å². The van der Waals surface area contributed by atoms with Crippen molar-refractivity contribution in [2.24, 2.45) is 0 Å². The molecule has 0 aliphatic carbocycles. The lowest BCUT2D eigenvalue weighted by molar-refractivity contribution is 0.0935. The van der Waals surface area contributed by atoms with Gasteiger partial charge in [0.25, 0.3) is 5.91 Å². The molecule has 0 fully saturated rings. The molecule has 1 N–H and O–H groups in total. The van der Waals surface area contributed by atoms with Crippen LogP contribution < -0.4 is 14.8 Å². The molecule has 0 heterocycles. The Balaban J connectivity index is 2.08. The number of hydrogen-bond donors (Lipinski definition) is 1. The largest absolute Gasteiger partial charge is 0.496 e. The van der Waals surface area contributed by atoms with Gasteiger partial charge in [0.15, 0.2) is 0 Å². The zero-order valence-corrected chi connectivity index (χ0v) is 15.0. The fourth-order valence-electron chi connectivity index (χ4n) is 2.64. The Hall–Kier alpha value is -2.75. The van der Waals surface area contributed by atoms with Crippen LogP contribution in [0.1, 0.15) is 40.9 Å². The van der Waals surface area contributed by atoms with Crippen molar-refractivity contribution >= 4 is 5.91 Å². The van der Waals surface area contributed by atoms with E-state index in [1.807, 2.05) is 19.1 Å². The molecular weight excluding hydrogens is 314 g/mol. The smallest absolute Gasteiger partial charge is 0.251 e. The number of amides is 1. The molecule has 0 radical (unpaired) electrons. The maximum absolute atomic E-state index is 12.5.